The maximum Gasteiger partial charge on any atom is 0.102 e. The lowest BCUT2D eigenvalue weighted by molar-refractivity contribution is 0.0167. The number of benzene rings is 1. The fourth-order valence-corrected chi connectivity index (χ4v) is 3.56. The molecule has 0 saturated carbocycles. The van der Waals surface area contributed by atoms with E-state index in [1.165, 1.54) is 21.6 Å². The van der Waals surface area contributed by atoms with E-state index in [1.54, 1.807) is 11.3 Å². The maximum atomic E-state index is 6.06. The minimum absolute atomic E-state index is 0.115. The van der Waals surface area contributed by atoms with Gasteiger partial charge in [0.05, 0.1) is 12.6 Å². The van der Waals surface area contributed by atoms with Crippen LogP contribution in [0.3, 0.4) is 0 Å². The molecule has 100 valence electrons. The van der Waals surface area contributed by atoms with E-state index in [4.69, 9.17) is 4.74 Å². The molecule has 0 saturated heterocycles. The van der Waals surface area contributed by atoms with Gasteiger partial charge in [0.15, 0.2) is 0 Å². The molecule has 0 bridgehead atoms. The van der Waals surface area contributed by atoms with E-state index in [2.05, 4.69) is 48.0 Å². The number of ether oxygens (including phenoxy) is 1. The van der Waals surface area contributed by atoms with Gasteiger partial charge in [-0.2, -0.15) is 0 Å². The van der Waals surface area contributed by atoms with Crippen molar-refractivity contribution in [1.29, 1.82) is 0 Å². The van der Waals surface area contributed by atoms with Gasteiger partial charge < -0.3 is 10.1 Å². The fourth-order valence-electron chi connectivity index (χ4n) is 2.82. The molecule has 1 N–H and O–H groups in total. The lowest BCUT2D eigenvalue weighted by atomic mass is 9.91. The van der Waals surface area contributed by atoms with Crippen molar-refractivity contribution in [3.05, 3.63) is 57.3 Å². The number of hydrogen-bond donors (Lipinski definition) is 1. The predicted octanol–water partition coefficient (Wildman–Crippen LogP) is 3.63. The Morgan fingerprint density at radius 3 is 2.95 bits per heavy atom. The zero-order valence-corrected chi connectivity index (χ0v) is 12.2. The summed E-state index contributed by atoms with van der Waals surface area (Å²) >= 11 is 1.80. The minimum Gasteiger partial charge on any atom is -0.371 e. The third-order valence-corrected chi connectivity index (χ3v) is 4.63. The van der Waals surface area contributed by atoms with Crippen molar-refractivity contribution >= 4 is 11.3 Å². The molecular formula is C16H19NOS. The van der Waals surface area contributed by atoms with Gasteiger partial charge in [0.2, 0.25) is 0 Å². The number of aryl methyl sites for hydroxylation is 1. The van der Waals surface area contributed by atoms with Crippen LogP contribution in [0.5, 0.6) is 0 Å². The smallest absolute Gasteiger partial charge is 0.102 e. The van der Waals surface area contributed by atoms with E-state index in [0.29, 0.717) is 0 Å². The van der Waals surface area contributed by atoms with Crippen molar-refractivity contribution in [1.82, 2.24) is 5.32 Å². The summed E-state index contributed by atoms with van der Waals surface area (Å²) in [5.41, 5.74) is 4.08. The van der Waals surface area contributed by atoms with Gasteiger partial charge in [-0.25, -0.2) is 0 Å². The number of fused-ring (bicyclic) bond motifs is 1. The van der Waals surface area contributed by atoms with Gasteiger partial charge in [-0.05, 0) is 48.5 Å². The fraction of sp³-hybridized carbons (Fsp3) is 0.375. The van der Waals surface area contributed by atoms with E-state index in [0.717, 1.165) is 13.0 Å². The normalized spacial score (nSPS) is 20.0. The molecule has 0 radical (unpaired) electrons. The number of hydrogen-bond acceptors (Lipinski definition) is 3. The van der Waals surface area contributed by atoms with Gasteiger partial charge in [0, 0.05) is 4.88 Å². The van der Waals surface area contributed by atoms with Gasteiger partial charge >= 0.3 is 0 Å². The summed E-state index contributed by atoms with van der Waals surface area (Å²) in [6, 6.07) is 11.1. The molecule has 0 spiro atoms. The molecule has 0 aliphatic carbocycles. The first-order chi connectivity index (χ1) is 9.29. The van der Waals surface area contributed by atoms with Gasteiger partial charge in [-0.3, -0.25) is 0 Å². The van der Waals surface area contributed by atoms with Crippen LogP contribution >= 0.6 is 11.3 Å². The van der Waals surface area contributed by atoms with E-state index in [9.17, 15) is 0 Å². The Bertz CT molecular complexity index is 563. The van der Waals surface area contributed by atoms with Crippen molar-refractivity contribution in [2.75, 3.05) is 13.7 Å². The SMILES string of the molecule is CNC(c1csc(C)c1)C1OCCc2ccccc21. The van der Waals surface area contributed by atoms with Crippen molar-refractivity contribution in [3.63, 3.8) is 0 Å². The van der Waals surface area contributed by atoms with Crippen molar-refractivity contribution < 1.29 is 4.74 Å². The van der Waals surface area contributed by atoms with Crippen LogP contribution in [0.2, 0.25) is 0 Å². The topological polar surface area (TPSA) is 21.3 Å². The molecular weight excluding hydrogens is 254 g/mol. The van der Waals surface area contributed by atoms with Crippen LogP contribution < -0.4 is 5.32 Å². The average Bonchev–Trinajstić information content (AvgIpc) is 2.86. The standard InChI is InChI=1S/C16H19NOS/c1-11-9-13(10-19-11)15(17-2)16-14-6-4-3-5-12(14)7-8-18-16/h3-6,9-10,15-17H,7-8H2,1-2H3. The van der Waals surface area contributed by atoms with Crippen molar-refractivity contribution in [2.24, 2.45) is 0 Å². The van der Waals surface area contributed by atoms with E-state index in [-0.39, 0.29) is 12.1 Å². The van der Waals surface area contributed by atoms with E-state index in [1.807, 2.05) is 7.05 Å². The Hall–Kier alpha value is -1.16. The quantitative estimate of drug-likeness (QED) is 0.922. The van der Waals surface area contributed by atoms with Crippen molar-refractivity contribution in [2.45, 2.75) is 25.5 Å². The lowest BCUT2D eigenvalue weighted by Crippen LogP contribution is -2.29. The monoisotopic (exact) mass is 273 g/mol. The second-order valence-corrected chi connectivity index (χ2v) is 6.11. The minimum atomic E-state index is 0.115. The van der Waals surface area contributed by atoms with Crippen LogP contribution in [0.15, 0.2) is 35.7 Å². The zero-order valence-electron chi connectivity index (χ0n) is 11.3. The molecule has 1 aliphatic heterocycles. The number of nitrogens with one attached hydrogen (secondary N) is 1. The summed E-state index contributed by atoms with van der Waals surface area (Å²) < 4.78 is 6.06. The maximum absolute atomic E-state index is 6.06. The Morgan fingerprint density at radius 2 is 2.21 bits per heavy atom. The molecule has 2 aromatic rings. The summed E-state index contributed by atoms with van der Waals surface area (Å²) in [6.45, 7) is 2.96. The van der Waals surface area contributed by atoms with Crippen LogP contribution in [0.4, 0.5) is 0 Å². The molecule has 19 heavy (non-hydrogen) atoms. The van der Waals surface area contributed by atoms with E-state index < -0.39 is 0 Å². The lowest BCUT2D eigenvalue weighted by Gasteiger charge is -2.32. The van der Waals surface area contributed by atoms with Gasteiger partial charge in [0.1, 0.15) is 6.10 Å². The van der Waals surface area contributed by atoms with E-state index >= 15 is 0 Å². The van der Waals surface area contributed by atoms with Crippen LogP contribution in [0.1, 0.15) is 33.7 Å². The molecule has 1 aromatic carbocycles. The summed E-state index contributed by atoms with van der Waals surface area (Å²) in [6.07, 6.45) is 1.13. The second-order valence-electron chi connectivity index (χ2n) is 5.00. The van der Waals surface area contributed by atoms with Gasteiger partial charge in [0.25, 0.3) is 0 Å². The molecule has 2 heterocycles. The summed E-state index contributed by atoms with van der Waals surface area (Å²) in [5, 5.41) is 5.66. The van der Waals surface area contributed by atoms with Crippen LogP contribution in [-0.4, -0.2) is 13.7 Å². The number of likely N-dealkylation sites (N-methyl/N-ethyl adjacent to an activating group) is 1. The molecule has 2 unspecified atom stereocenters. The first kappa shape index (κ1) is 12.9. The Morgan fingerprint density at radius 1 is 1.37 bits per heavy atom. The highest BCUT2D eigenvalue weighted by Crippen LogP contribution is 2.37. The molecule has 2 nitrogen and oxygen atoms in total. The summed E-state index contributed by atoms with van der Waals surface area (Å²) in [4.78, 5) is 1.35. The van der Waals surface area contributed by atoms with Gasteiger partial charge in [-0.15, -0.1) is 11.3 Å². The summed E-state index contributed by atoms with van der Waals surface area (Å²) in [7, 11) is 2.01. The highest BCUT2D eigenvalue weighted by molar-refractivity contribution is 7.10. The first-order valence-corrected chi connectivity index (χ1v) is 7.59. The Balaban J connectivity index is 1.97. The van der Waals surface area contributed by atoms with Gasteiger partial charge in [-0.1, -0.05) is 24.3 Å². The largest absolute Gasteiger partial charge is 0.371 e. The first-order valence-electron chi connectivity index (χ1n) is 6.71. The Labute approximate surface area is 118 Å². The number of thiophene rings is 1. The molecule has 1 aliphatic rings. The highest BCUT2D eigenvalue weighted by atomic mass is 32.1. The molecule has 0 amide bonds. The molecule has 1 aromatic heterocycles. The third-order valence-electron chi connectivity index (χ3n) is 3.75. The zero-order chi connectivity index (χ0) is 13.2. The molecule has 2 atom stereocenters. The number of rotatable bonds is 3. The van der Waals surface area contributed by atoms with Crippen LogP contribution in [0, 0.1) is 6.92 Å². The highest BCUT2D eigenvalue weighted by Gasteiger charge is 2.29. The van der Waals surface area contributed by atoms with Crippen LogP contribution in [-0.2, 0) is 11.2 Å². The predicted molar refractivity (Wildman–Crippen MR) is 79.7 cm³/mol. The summed E-state index contributed by atoms with van der Waals surface area (Å²) in [5.74, 6) is 0. The van der Waals surface area contributed by atoms with Crippen molar-refractivity contribution in [3.8, 4) is 0 Å². The Kier molecular flexibility index (Phi) is 3.69. The average molecular weight is 273 g/mol. The second kappa shape index (κ2) is 5.45. The molecule has 3 heteroatoms. The molecule has 3 rings (SSSR count). The van der Waals surface area contributed by atoms with Crippen LogP contribution in [0.25, 0.3) is 0 Å². The third kappa shape index (κ3) is 2.46. The molecule has 0 fully saturated rings.